The molecule has 3 aliphatic carbocycles. The van der Waals surface area contributed by atoms with Crippen molar-refractivity contribution >= 4 is 22.6 Å². The van der Waals surface area contributed by atoms with Crippen LogP contribution in [0.2, 0.25) is 0 Å². The summed E-state index contributed by atoms with van der Waals surface area (Å²) in [6.45, 7) is 4.82. The van der Waals surface area contributed by atoms with Crippen LogP contribution in [-0.4, -0.2) is 0 Å². The highest BCUT2D eigenvalue weighted by atomic mass is 15.1. The molecule has 8 aromatic rings. The van der Waals surface area contributed by atoms with Crippen LogP contribution in [0, 0.1) is 0 Å². The van der Waals surface area contributed by atoms with Gasteiger partial charge in [0.2, 0.25) is 0 Å². The van der Waals surface area contributed by atoms with E-state index in [9.17, 15) is 0 Å². The highest BCUT2D eigenvalue weighted by Crippen LogP contribution is 2.63. The highest BCUT2D eigenvalue weighted by Gasteiger charge is 2.54. The van der Waals surface area contributed by atoms with Crippen molar-refractivity contribution in [2.75, 3.05) is 4.90 Å². The minimum atomic E-state index is -0.405. The number of benzene rings is 8. The quantitative estimate of drug-likeness (QED) is 0.163. The maximum atomic E-state index is 2.54. The Bertz CT molecular complexity index is 2830. The zero-order valence-electron chi connectivity index (χ0n) is 33.6. The van der Waals surface area contributed by atoms with Crippen LogP contribution in [0.25, 0.3) is 39.0 Å². The van der Waals surface area contributed by atoms with Gasteiger partial charge in [-0.15, -0.1) is 0 Å². The third-order valence-electron chi connectivity index (χ3n) is 13.2. The lowest BCUT2D eigenvalue weighted by atomic mass is 9.54. The molecular formula is C58H45N. The second-order valence-electron chi connectivity index (χ2n) is 16.8. The first-order valence-corrected chi connectivity index (χ1v) is 21.0. The molecule has 282 valence electrons. The van der Waals surface area contributed by atoms with Crippen molar-refractivity contribution in [3.63, 3.8) is 0 Å². The summed E-state index contributed by atoms with van der Waals surface area (Å²) < 4.78 is 0. The Morgan fingerprint density at radius 3 is 1.42 bits per heavy atom. The fraction of sp³-hybridized carbons (Fsp3) is 0.103. The zero-order chi connectivity index (χ0) is 39.6. The molecule has 1 spiro atoms. The SMILES string of the molecule is CC1(C)c2ccccc2C2(C3=C(C=CCC3)c3ccc(N(c4ccc(-c5ccccc5)cc4)c4cc(-c5ccccc5)cc(-c5ccccc5)c4)cc32)c2ccccc21. The number of fused-ring (bicyclic) bond motifs is 8. The van der Waals surface area contributed by atoms with Gasteiger partial charge in [0.05, 0.1) is 5.41 Å². The number of hydrogen-bond acceptors (Lipinski definition) is 1. The Kier molecular flexibility index (Phi) is 8.27. The van der Waals surface area contributed by atoms with Crippen molar-refractivity contribution in [2.24, 2.45) is 0 Å². The zero-order valence-corrected chi connectivity index (χ0v) is 33.6. The van der Waals surface area contributed by atoms with E-state index in [4.69, 9.17) is 0 Å². The van der Waals surface area contributed by atoms with Gasteiger partial charge in [-0.2, -0.15) is 0 Å². The molecule has 0 bridgehead atoms. The number of hydrogen-bond donors (Lipinski definition) is 0. The third-order valence-corrected chi connectivity index (χ3v) is 13.2. The third kappa shape index (κ3) is 5.53. The number of anilines is 3. The summed E-state index contributed by atoms with van der Waals surface area (Å²) in [4.78, 5) is 2.49. The molecule has 0 atom stereocenters. The molecule has 0 saturated carbocycles. The van der Waals surface area contributed by atoms with E-state index in [1.807, 2.05) is 0 Å². The van der Waals surface area contributed by atoms with Gasteiger partial charge in [0.1, 0.15) is 0 Å². The van der Waals surface area contributed by atoms with Crippen LogP contribution in [0.15, 0.2) is 218 Å². The average Bonchev–Trinajstić information content (AvgIpc) is 3.60. The smallest absolute Gasteiger partial charge is 0.0683 e. The number of allylic oxidation sites excluding steroid dienone is 4. The van der Waals surface area contributed by atoms with E-state index in [0.717, 1.165) is 29.9 Å². The molecule has 8 aromatic carbocycles. The molecule has 0 amide bonds. The summed E-state index contributed by atoms with van der Waals surface area (Å²) in [5, 5.41) is 0. The Labute approximate surface area is 348 Å². The van der Waals surface area contributed by atoms with Gasteiger partial charge in [-0.3, -0.25) is 0 Å². The van der Waals surface area contributed by atoms with Gasteiger partial charge in [-0.1, -0.05) is 184 Å². The molecular weight excluding hydrogens is 711 g/mol. The normalized spacial score (nSPS) is 15.3. The van der Waals surface area contributed by atoms with Gasteiger partial charge in [0, 0.05) is 22.5 Å². The van der Waals surface area contributed by atoms with E-state index in [2.05, 4.69) is 231 Å². The molecule has 59 heavy (non-hydrogen) atoms. The lowest BCUT2D eigenvalue weighted by Gasteiger charge is -2.48. The van der Waals surface area contributed by atoms with Crippen molar-refractivity contribution in [3.8, 4) is 33.4 Å². The average molecular weight is 756 g/mol. The molecule has 0 aliphatic heterocycles. The summed E-state index contributed by atoms with van der Waals surface area (Å²) in [5.41, 5.74) is 21.3. The van der Waals surface area contributed by atoms with Crippen LogP contribution in [0.4, 0.5) is 17.1 Å². The molecule has 1 heteroatoms. The predicted molar refractivity (Wildman–Crippen MR) is 248 cm³/mol. The van der Waals surface area contributed by atoms with Crippen molar-refractivity contribution in [1.29, 1.82) is 0 Å². The molecule has 1 nitrogen and oxygen atoms in total. The van der Waals surface area contributed by atoms with Gasteiger partial charge < -0.3 is 4.90 Å². The fourth-order valence-electron chi connectivity index (χ4n) is 10.5. The highest BCUT2D eigenvalue weighted by molar-refractivity contribution is 5.94. The topological polar surface area (TPSA) is 3.24 Å². The Hall–Kier alpha value is -6.96. The Morgan fingerprint density at radius 2 is 0.864 bits per heavy atom. The van der Waals surface area contributed by atoms with Gasteiger partial charge in [0.15, 0.2) is 0 Å². The van der Waals surface area contributed by atoms with Crippen LogP contribution in [0.1, 0.15) is 60.1 Å². The molecule has 0 N–H and O–H groups in total. The summed E-state index contributed by atoms with van der Waals surface area (Å²) in [6.07, 6.45) is 6.86. The second kappa shape index (κ2) is 13.9. The maximum absolute atomic E-state index is 2.54. The van der Waals surface area contributed by atoms with Crippen molar-refractivity contribution in [1.82, 2.24) is 0 Å². The van der Waals surface area contributed by atoms with E-state index >= 15 is 0 Å². The lowest BCUT2D eigenvalue weighted by Crippen LogP contribution is -2.41. The van der Waals surface area contributed by atoms with E-state index in [0.29, 0.717) is 0 Å². The van der Waals surface area contributed by atoms with Crippen molar-refractivity contribution in [2.45, 2.75) is 37.5 Å². The van der Waals surface area contributed by atoms with E-state index < -0.39 is 5.41 Å². The lowest BCUT2D eigenvalue weighted by molar-refractivity contribution is 0.550. The monoisotopic (exact) mass is 755 g/mol. The van der Waals surface area contributed by atoms with E-state index in [-0.39, 0.29) is 5.41 Å². The Balaban J connectivity index is 1.18. The molecule has 0 radical (unpaired) electrons. The first-order chi connectivity index (χ1) is 29.0. The van der Waals surface area contributed by atoms with Crippen LogP contribution in [0.5, 0.6) is 0 Å². The van der Waals surface area contributed by atoms with Crippen LogP contribution in [-0.2, 0) is 10.8 Å². The van der Waals surface area contributed by atoms with Gasteiger partial charge >= 0.3 is 0 Å². The molecule has 3 aliphatic rings. The predicted octanol–water partition coefficient (Wildman–Crippen LogP) is 15.2. The van der Waals surface area contributed by atoms with Gasteiger partial charge in [0.25, 0.3) is 0 Å². The van der Waals surface area contributed by atoms with Crippen LogP contribution in [0.3, 0.4) is 0 Å². The number of nitrogens with zero attached hydrogens (tertiary/aromatic N) is 1. The first kappa shape index (κ1) is 35.2. The van der Waals surface area contributed by atoms with E-state index in [1.54, 1.807) is 0 Å². The second-order valence-corrected chi connectivity index (χ2v) is 16.8. The Morgan fingerprint density at radius 1 is 0.390 bits per heavy atom. The van der Waals surface area contributed by atoms with Gasteiger partial charge in [-0.05, 0) is 133 Å². The summed E-state index contributed by atoms with van der Waals surface area (Å²) >= 11 is 0. The summed E-state index contributed by atoms with van der Waals surface area (Å²) in [7, 11) is 0. The molecule has 0 fully saturated rings. The first-order valence-electron chi connectivity index (χ1n) is 21.0. The minimum absolute atomic E-state index is 0.137. The maximum Gasteiger partial charge on any atom is 0.0683 e. The minimum Gasteiger partial charge on any atom is -0.310 e. The summed E-state index contributed by atoms with van der Waals surface area (Å²) in [5.74, 6) is 0. The van der Waals surface area contributed by atoms with E-state index in [1.165, 1.54) is 77.9 Å². The van der Waals surface area contributed by atoms with Crippen molar-refractivity contribution < 1.29 is 0 Å². The molecule has 11 rings (SSSR count). The molecule has 0 unspecified atom stereocenters. The largest absolute Gasteiger partial charge is 0.310 e. The number of rotatable bonds is 6. The fourth-order valence-corrected chi connectivity index (χ4v) is 10.5. The molecule has 0 saturated heterocycles. The van der Waals surface area contributed by atoms with Crippen LogP contribution >= 0.6 is 0 Å². The standard InChI is InChI=1S/C58H45N/c1-57(2)52-26-14-16-28-54(52)58(55-29-17-15-27-53(55)57)51-25-13-12-24-49(51)50-35-34-47(39-56(50)58)59(46-32-30-43(31-33-46)40-18-6-3-7-19-40)48-37-44(41-20-8-4-9-21-41)36-45(38-48)42-22-10-5-11-23-42/h3-12,14-24,26-39H,13,25H2,1-2H3. The molecule has 0 heterocycles. The van der Waals surface area contributed by atoms with Gasteiger partial charge in [-0.25, -0.2) is 0 Å². The van der Waals surface area contributed by atoms with Crippen molar-refractivity contribution in [3.05, 3.63) is 251 Å². The molecule has 0 aromatic heterocycles. The summed E-state index contributed by atoms with van der Waals surface area (Å²) in [6, 6.07) is 74.4. The van der Waals surface area contributed by atoms with Crippen LogP contribution < -0.4 is 4.90 Å².